The predicted octanol–water partition coefficient (Wildman–Crippen LogP) is -0.372. The number of nitrogens with one attached hydrogen (secondary N) is 1. The summed E-state index contributed by atoms with van der Waals surface area (Å²) in [5, 5.41) is 0. The van der Waals surface area contributed by atoms with Crippen molar-refractivity contribution in [3.63, 3.8) is 0 Å². The van der Waals surface area contributed by atoms with Crippen molar-refractivity contribution in [2.75, 3.05) is 5.73 Å². The van der Waals surface area contributed by atoms with Gasteiger partial charge < -0.3 is 10.3 Å². The van der Waals surface area contributed by atoms with E-state index in [4.69, 9.17) is 5.73 Å². The molecular formula is C5H4N4O2S. The fourth-order valence-electron chi connectivity index (χ4n) is 0.850. The molecule has 2 rings (SSSR count). The van der Waals surface area contributed by atoms with Crippen molar-refractivity contribution in [1.29, 1.82) is 0 Å². The number of rotatable bonds is 0. The third-order valence-corrected chi connectivity index (χ3v) is 2.45. The summed E-state index contributed by atoms with van der Waals surface area (Å²) < 4.78 is 11.1. The van der Waals surface area contributed by atoms with E-state index >= 15 is 0 Å². The first-order valence-electron chi connectivity index (χ1n) is 3.04. The van der Waals surface area contributed by atoms with Crippen LogP contribution in [0, 0.1) is 0 Å². The van der Waals surface area contributed by atoms with E-state index in [1.807, 2.05) is 0 Å². The van der Waals surface area contributed by atoms with E-state index in [2.05, 4.69) is 15.0 Å². The van der Waals surface area contributed by atoms with Gasteiger partial charge in [-0.3, -0.25) is 4.98 Å². The van der Waals surface area contributed by atoms with Gasteiger partial charge in [-0.25, -0.2) is 9.78 Å². The van der Waals surface area contributed by atoms with Crippen molar-refractivity contribution >= 4 is 27.0 Å². The number of nitrogen functional groups attached to an aromatic ring is 1. The number of hydrogen-bond donors (Lipinski definition) is 2. The molecule has 2 aromatic rings. The second-order valence-corrected chi connectivity index (χ2v) is 3.42. The van der Waals surface area contributed by atoms with Gasteiger partial charge in [0.2, 0.25) is 5.95 Å². The monoisotopic (exact) mass is 184 g/mol. The molecule has 62 valence electrons. The van der Waals surface area contributed by atoms with Gasteiger partial charge in [0.25, 0.3) is 4.83 Å². The summed E-state index contributed by atoms with van der Waals surface area (Å²) in [5.41, 5.74) is 5.61. The fourth-order valence-corrected chi connectivity index (χ4v) is 1.71. The van der Waals surface area contributed by atoms with Crippen LogP contribution in [0.5, 0.6) is 0 Å². The van der Waals surface area contributed by atoms with Gasteiger partial charge in [-0.1, -0.05) is 0 Å². The maximum Gasteiger partial charge on any atom is 0.456 e. The van der Waals surface area contributed by atoms with Crippen LogP contribution < -0.4 is 10.6 Å². The van der Waals surface area contributed by atoms with Crippen LogP contribution in [0.25, 0.3) is 10.3 Å². The lowest BCUT2D eigenvalue weighted by molar-refractivity contribution is 0.597. The smallest absolute Gasteiger partial charge is 0.456 e. The van der Waals surface area contributed by atoms with Gasteiger partial charge in [0.15, 0.2) is 0 Å². The Balaban J connectivity index is 2.98. The van der Waals surface area contributed by atoms with Gasteiger partial charge in [0.1, 0.15) is 5.52 Å². The first-order valence-corrected chi connectivity index (χ1v) is 4.19. The number of anilines is 1. The topological polar surface area (TPSA) is 108 Å². The number of nitrogens with zero attached hydrogens (tertiary/aromatic N) is 2. The lowest BCUT2D eigenvalue weighted by atomic mass is 10.6. The number of thiazole rings is 1. The molecule has 0 saturated heterocycles. The van der Waals surface area contributed by atoms with Gasteiger partial charge in [-0.15, -0.1) is 0 Å². The SMILES string of the molecule is Nc1ncc2[nH]c(=O)[s+]([O-])c2n1. The Morgan fingerprint density at radius 1 is 1.67 bits per heavy atom. The first-order chi connectivity index (χ1) is 5.68. The maximum atomic E-state index is 11.1. The highest BCUT2D eigenvalue weighted by Crippen LogP contribution is 2.17. The Hall–Kier alpha value is -1.47. The van der Waals surface area contributed by atoms with E-state index < -0.39 is 15.6 Å². The van der Waals surface area contributed by atoms with Crippen LogP contribution >= 0.6 is 10.8 Å². The Labute approximate surface area is 68.9 Å². The Kier molecular flexibility index (Phi) is 1.35. The summed E-state index contributed by atoms with van der Waals surface area (Å²) in [6.45, 7) is 0. The molecule has 0 radical (unpaired) electrons. The molecule has 0 saturated carbocycles. The molecule has 0 fully saturated rings. The fraction of sp³-hybridized carbons (Fsp3) is 0. The Morgan fingerprint density at radius 3 is 3.17 bits per heavy atom. The van der Waals surface area contributed by atoms with Gasteiger partial charge in [0, 0.05) is 10.8 Å². The van der Waals surface area contributed by atoms with Crippen molar-refractivity contribution in [2.45, 2.75) is 0 Å². The third kappa shape index (κ3) is 0.874. The van der Waals surface area contributed by atoms with Gasteiger partial charge in [-0.2, -0.15) is 4.98 Å². The van der Waals surface area contributed by atoms with Crippen molar-refractivity contribution in [3.05, 3.63) is 15.9 Å². The zero-order valence-electron chi connectivity index (χ0n) is 5.77. The lowest BCUT2D eigenvalue weighted by Gasteiger charge is -1.87. The molecule has 2 aromatic heterocycles. The number of nitrogens with two attached hydrogens (primary N) is 1. The van der Waals surface area contributed by atoms with E-state index in [-0.39, 0.29) is 10.8 Å². The number of hydrogen-bond acceptors (Lipinski definition) is 5. The van der Waals surface area contributed by atoms with E-state index in [1.165, 1.54) is 6.20 Å². The van der Waals surface area contributed by atoms with Crippen LogP contribution in [0.2, 0.25) is 0 Å². The highest BCUT2D eigenvalue weighted by Gasteiger charge is 2.12. The van der Waals surface area contributed by atoms with E-state index in [0.29, 0.717) is 5.52 Å². The minimum Gasteiger partial charge on any atom is -0.585 e. The summed E-state index contributed by atoms with van der Waals surface area (Å²) in [6.07, 6.45) is 1.33. The zero-order valence-corrected chi connectivity index (χ0v) is 6.59. The maximum absolute atomic E-state index is 11.1. The van der Waals surface area contributed by atoms with Crippen molar-refractivity contribution < 1.29 is 4.55 Å². The van der Waals surface area contributed by atoms with Gasteiger partial charge >= 0.3 is 4.87 Å². The molecule has 0 spiro atoms. The van der Waals surface area contributed by atoms with Crippen molar-refractivity contribution in [1.82, 2.24) is 15.0 Å². The summed E-state index contributed by atoms with van der Waals surface area (Å²) in [7, 11) is -1.73. The average molecular weight is 184 g/mol. The Bertz CT molecular complexity index is 488. The molecular weight excluding hydrogens is 180 g/mol. The molecule has 3 N–H and O–H groups in total. The van der Waals surface area contributed by atoms with E-state index in [9.17, 15) is 9.35 Å². The minimum absolute atomic E-state index is 0.0126. The molecule has 0 aliphatic carbocycles. The zero-order chi connectivity index (χ0) is 8.72. The van der Waals surface area contributed by atoms with Crippen LogP contribution in [0.15, 0.2) is 11.0 Å². The van der Waals surface area contributed by atoms with Gasteiger partial charge in [0.05, 0.1) is 6.20 Å². The molecule has 0 aromatic carbocycles. The summed E-state index contributed by atoms with van der Waals surface area (Å²) in [4.78, 5) is 20.1. The van der Waals surface area contributed by atoms with Crippen molar-refractivity contribution in [3.8, 4) is 0 Å². The second-order valence-electron chi connectivity index (χ2n) is 2.13. The normalized spacial score (nSPS) is 12.2. The number of aromatic nitrogens is 3. The Morgan fingerprint density at radius 2 is 2.42 bits per heavy atom. The van der Waals surface area contributed by atoms with E-state index in [1.54, 1.807) is 0 Å². The van der Waals surface area contributed by atoms with Crippen molar-refractivity contribution in [2.24, 2.45) is 0 Å². The minimum atomic E-state index is -1.73. The second kappa shape index (κ2) is 2.26. The molecule has 0 amide bonds. The number of fused-ring (bicyclic) bond motifs is 1. The van der Waals surface area contributed by atoms with Gasteiger partial charge in [-0.05, 0) is 0 Å². The quantitative estimate of drug-likeness (QED) is 0.543. The molecule has 2 heterocycles. The molecule has 0 bridgehead atoms. The highest BCUT2D eigenvalue weighted by molar-refractivity contribution is 7.28. The number of aromatic amines is 1. The highest BCUT2D eigenvalue weighted by atomic mass is 32.2. The van der Waals surface area contributed by atoms with Crippen LogP contribution in [-0.4, -0.2) is 19.5 Å². The third-order valence-electron chi connectivity index (χ3n) is 1.35. The predicted molar refractivity (Wildman–Crippen MR) is 43.2 cm³/mol. The molecule has 1 unspecified atom stereocenters. The lowest BCUT2D eigenvalue weighted by Crippen LogP contribution is -1.94. The molecule has 0 aliphatic heterocycles. The molecule has 0 aliphatic rings. The molecule has 6 nitrogen and oxygen atoms in total. The standard InChI is InChI=1S/C5H4N4O2S/c6-4-7-1-2-3(9-4)12(11)5(10)8-2/h1H,(H,8,10)(H2,6,7,9). The van der Waals surface area contributed by atoms with E-state index in [0.717, 1.165) is 0 Å². The van der Waals surface area contributed by atoms with Crippen LogP contribution in [-0.2, 0) is 0 Å². The molecule has 12 heavy (non-hydrogen) atoms. The summed E-state index contributed by atoms with van der Waals surface area (Å²) in [6, 6.07) is 0. The van der Waals surface area contributed by atoms with Crippen LogP contribution in [0.1, 0.15) is 0 Å². The average Bonchev–Trinajstić information content (AvgIpc) is 2.31. The van der Waals surface area contributed by atoms with Crippen LogP contribution in [0.3, 0.4) is 0 Å². The van der Waals surface area contributed by atoms with Crippen LogP contribution in [0.4, 0.5) is 5.95 Å². The first kappa shape index (κ1) is 7.19. The molecule has 7 heteroatoms. The number of H-pyrrole nitrogens is 1. The largest absolute Gasteiger partial charge is 0.585 e. The summed E-state index contributed by atoms with van der Waals surface area (Å²) >= 11 is 0. The molecule has 1 atom stereocenters. The summed E-state index contributed by atoms with van der Waals surface area (Å²) in [5.74, 6) is 0.0126.